The van der Waals surface area contributed by atoms with Crippen molar-refractivity contribution in [1.82, 2.24) is 5.32 Å². The minimum atomic E-state index is -3.58. The van der Waals surface area contributed by atoms with E-state index in [9.17, 15) is 13.2 Å². The Kier molecular flexibility index (Phi) is 6.76. The summed E-state index contributed by atoms with van der Waals surface area (Å²) in [4.78, 5) is 12.6. The molecule has 1 amide bonds. The van der Waals surface area contributed by atoms with Gasteiger partial charge in [0.1, 0.15) is 0 Å². The lowest BCUT2D eigenvalue weighted by Gasteiger charge is -2.25. The Balaban J connectivity index is 2.38. The molecule has 0 aromatic heterocycles. The van der Waals surface area contributed by atoms with Crippen LogP contribution < -0.4 is 9.62 Å². The summed E-state index contributed by atoms with van der Waals surface area (Å²) >= 11 is 0. The second-order valence-corrected chi connectivity index (χ2v) is 8.01. The van der Waals surface area contributed by atoms with Crippen molar-refractivity contribution in [2.24, 2.45) is 0 Å². The fourth-order valence-corrected chi connectivity index (χ4v) is 3.51. The maximum Gasteiger partial charge on any atom is 0.253 e. The normalized spacial score (nSPS) is 12.4. The minimum absolute atomic E-state index is 0.150. The number of benzene rings is 2. The molecule has 0 aliphatic rings. The van der Waals surface area contributed by atoms with E-state index in [2.05, 4.69) is 5.32 Å². The van der Waals surface area contributed by atoms with Crippen molar-refractivity contribution in [3.8, 4) is 0 Å². The summed E-state index contributed by atoms with van der Waals surface area (Å²) in [5.41, 5.74) is 1.48. The lowest BCUT2D eigenvalue weighted by molar-refractivity contribution is 0.0906. The molecule has 2 rings (SSSR count). The van der Waals surface area contributed by atoms with Gasteiger partial charge in [-0.3, -0.25) is 9.10 Å². The Labute approximate surface area is 154 Å². The SMILES string of the molecule is COC[C@H](C)NC(=O)c1ccccc1N(Cc1ccccc1)S(C)(=O)=O. The highest BCUT2D eigenvalue weighted by molar-refractivity contribution is 7.92. The number of rotatable bonds is 8. The molecule has 0 radical (unpaired) electrons. The smallest absolute Gasteiger partial charge is 0.253 e. The largest absolute Gasteiger partial charge is 0.383 e. The number of hydrogen-bond donors (Lipinski definition) is 1. The molecule has 0 bridgehead atoms. The third kappa shape index (κ3) is 5.31. The van der Waals surface area contributed by atoms with Gasteiger partial charge in [-0.15, -0.1) is 0 Å². The molecular weight excluding hydrogens is 352 g/mol. The Morgan fingerprint density at radius 3 is 2.35 bits per heavy atom. The van der Waals surface area contributed by atoms with Gasteiger partial charge in [-0.05, 0) is 24.6 Å². The number of ether oxygens (including phenoxy) is 1. The molecule has 0 heterocycles. The Hall–Kier alpha value is -2.38. The van der Waals surface area contributed by atoms with Crippen molar-refractivity contribution in [1.29, 1.82) is 0 Å². The van der Waals surface area contributed by atoms with Gasteiger partial charge in [-0.2, -0.15) is 0 Å². The molecule has 1 atom stereocenters. The van der Waals surface area contributed by atoms with Crippen LogP contribution in [0.25, 0.3) is 0 Å². The topological polar surface area (TPSA) is 75.7 Å². The predicted octanol–water partition coefficient (Wildman–Crippen LogP) is 2.42. The third-order valence-corrected chi connectivity index (χ3v) is 4.91. The first-order chi connectivity index (χ1) is 12.3. The van der Waals surface area contributed by atoms with E-state index in [-0.39, 0.29) is 18.5 Å². The number of hydrogen-bond acceptors (Lipinski definition) is 4. The highest BCUT2D eigenvalue weighted by Crippen LogP contribution is 2.25. The number of carbonyl (C=O) groups excluding carboxylic acids is 1. The number of nitrogens with zero attached hydrogens (tertiary/aromatic N) is 1. The van der Waals surface area contributed by atoms with E-state index in [1.54, 1.807) is 31.4 Å². The summed E-state index contributed by atoms with van der Waals surface area (Å²) < 4.78 is 31.1. The summed E-state index contributed by atoms with van der Waals surface area (Å²) in [5, 5.41) is 2.82. The number of methoxy groups -OCH3 is 1. The van der Waals surface area contributed by atoms with E-state index in [4.69, 9.17) is 4.74 Å². The van der Waals surface area contributed by atoms with Gasteiger partial charge in [0.25, 0.3) is 5.91 Å². The van der Waals surface area contributed by atoms with E-state index in [0.717, 1.165) is 11.8 Å². The fourth-order valence-electron chi connectivity index (χ4n) is 2.61. The van der Waals surface area contributed by atoms with Crippen LogP contribution in [-0.2, 0) is 21.3 Å². The zero-order valence-corrected chi connectivity index (χ0v) is 16.0. The van der Waals surface area contributed by atoms with E-state index in [1.807, 2.05) is 37.3 Å². The van der Waals surface area contributed by atoms with Gasteiger partial charge >= 0.3 is 0 Å². The molecule has 2 aromatic rings. The zero-order valence-electron chi connectivity index (χ0n) is 15.2. The molecule has 0 aliphatic carbocycles. The maximum absolute atomic E-state index is 12.6. The van der Waals surface area contributed by atoms with E-state index >= 15 is 0 Å². The standard InChI is InChI=1S/C19H24N2O4S/c1-15(14-25-2)20-19(22)17-11-7-8-12-18(17)21(26(3,23)24)13-16-9-5-4-6-10-16/h4-12,15H,13-14H2,1-3H3,(H,20,22)/t15-/m0/s1. The first-order valence-corrected chi connectivity index (χ1v) is 10.1. The van der Waals surface area contributed by atoms with Crippen LogP contribution in [0.3, 0.4) is 0 Å². The van der Waals surface area contributed by atoms with Gasteiger partial charge in [0.15, 0.2) is 0 Å². The lowest BCUT2D eigenvalue weighted by atomic mass is 10.1. The summed E-state index contributed by atoms with van der Waals surface area (Å²) in [5.74, 6) is -0.341. The molecular formula is C19H24N2O4S. The average Bonchev–Trinajstić information content (AvgIpc) is 2.60. The molecule has 26 heavy (non-hydrogen) atoms. The molecule has 0 saturated carbocycles. The van der Waals surface area contributed by atoms with Gasteiger partial charge in [-0.1, -0.05) is 42.5 Å². The van der Waals surface area contributed by atoms with Gasteiger partial charge in [0.2, 0.25) is 10.0 Å². The molecule has 140 valence electrons. The number of para-hydroxylation sites is 1. The summed E-state index contributed by atoms with van der Waals surface area (Å²) in [6.45, 7) is 2.34. The Morgan fingerprint density at radius 1 is 1.12 bits per heavy atom. The molecule has 0 fully saturated rings. The summed E-state index contributed by atoms with van der Waals surface area (Å²) in [6, 6.07) is 15.8. The summed E-state index contributed by atoms with van der Waals surface area (Å²) in [6.07, 6.45) is 1.14. The predicted molar refractivity (Wildman–Crippen MR) is 103 cm³/mol. The van der Waals surface area contributed by atoms with Crippen molar-refractivity contribution < 1.29 is 17.9 Å². The molecule has 2 aromatic carbocycles. The van der Waals surface area contributed by atoms with Crippen molar-refractivity contribution in [2.45, 2.75) is 19.5 Å². The van der Waals surface area contributed by atoms with Crippen LogP contribution in [0.5, 0.6) is 0 Å². The Morgan fingerprint density at radius 2 is 1.73 bits per heavy atom. The number of nitrogens with one attached hydrogen (secondary N) is 1. The van der Waals surface area contributed by atoms with Crippen LogP contribution in [0.1, 0.15) is 22.8 Å². The number of sulfonamides is 1. The van der Waals surface area contributed by atoms with Crippen molar-refractivity contribution >= 4 is 21.6 Å². The van der Waals surface area contributed by atoms with Crippen molar-refractivity contribution in [3.05, 3.63) is 65.7 Å². The molecule has 7 heteroatoms. The van der Waals surface area contributed by atoms with E-state index < -0.39 is 10.0 Å². The number of anilines is 1. The maximum atomic E-state index is 12.6. The van der Waals surface area contributed by atoms with Crippen LogP contribution in [0, 0.1) is 0 Å². The monoisotopic (exact) mass is 376 g/mol. The minimum Gasteiger partial charge on any atom is -0.383 e. The van der Waals surface area contributed by atoms with Crippen LogP contribution in [0.2, 0.25) is 0 Å². The van der Waals surface area contributed by atoms with Gasteiger partial charge in [-0.25, -0.2) is 8.42 Å². The second-order valence-electron chi connectivity index (χ2n) is 6.10. The highest BCUT2D eigenvalue weighted by Gasteiger charge is 2.23. The van der Waals surface area contributed by atoms with Crippen molar-refractivity contribution in [2.75, 3.05) is 24.3 Å². The third-order valence-electron chi connectivity index (χ3n) is 3.78. The van der Waals surface area contributed by atoms with Crippen LogP contribution >= 0.6 is 0 Å². The van der Waals surface area contributed by atoms with Gasteiger partial charge < -0.3 is 10.1 Å². The first kappa shape index (κ1) is 19.9. The number of carbonyl (C=O) groups is 1. The highest BCUT2D eigenvalue weighted by atomic mass is 32.2. The number of amides is 1. The van der Waals surface area contributed by atoms with E-state index in [0.29, 0.717) is 17.9 Å². The van der Waals surface area contributed by atoms with Crippen LogP contribution in [-0.4, -0.2) is 40.3 Å². The molecule has 0 saturated heterocycles. The molecule has 0 aliphatic heterocycles. The Bertz CT molecular complexity index is 838. The van der Waals surface area contributed by atoms with Crippen LogP contribution in [0.4, 0.5) is 5.69 Å². The lowest BCUT2D eigenvalue weighted by Crippen LogP contribution is -2.37. The second kappa shape index (κ2) is 8.82. The fraction of sp³-hybridized carbons (Fsp3) is 0.316. The van der Waals surface area contributed by atoms with Gasteiger partial charge in [0.05, 0.1) is 30.7 Å². The van der Waals surface area contributed by atoms with E-state index in [1.165, 1.54) is 4.31 Å². The van der Waals surface area contributed by atoms with Crippen molar-refractivity contribution in [3.63, 3.8) is 0 Å². The van der Waals surface area contributed by atoms with Crippen LogP contribution in [0.15, 0.2) is 54.6 Å². The average molecular weight is 376 g/mol. The quantitative estimate of drug-likeness (QED) is 0.768. The van der Waals surface area contributed by atoms with Gasteiger partial charge in [0, 0.05) is 13.2 Å². The first-order valence-electron chi connectivity index (χ1n) is 8.23. The zero-order chi connectivity index (χ0) is 19.2. The molecule has 1 N–H and O–H groups in total. The summed E-state index contributed by atoms with van der Waals surface area (Å²) in [7, 11) is -2.02. The molecule has 6 nitrogen and oxygen atoms in total. The molecule has 0 unspecified atom stereocenters. The molecule has 0 spiro atoms.